The molecule has 0 aromatic heterocycles. The SMILES string of the molecule is CCOC(=O)/C(C=N)=C(/NCCSCC)OCC(C)C. The van der Waals surface area contributed by atoms with Gasteiger partial charge in [0.2, 0.25) is 5.88 Å². The number of hydrogen-bond donors (Lipinski definition) is 2. The molecule has 0 atom stereocenters. The van der Waals surface area contributed by atoms with Crippen molar-refractivity contribution in [2.45, 2.75) is 27.7 Å². The molecule has 0 aromatic rings. The lowest BCUT2D eigenvalue weighted by molar-refractivity contribution is -0.138. The zero-order chi connectivity index (χ0) is 15.4. The Balaban J connectivity index is 4.81. The lowest BCUT2D eigenvalue weighted by atomic mass is 10.2. The second-order valence-electron chi connectivity index (χ2n) is 4.44. The summed E-state index contributed by atoms with van der Waals surface area (Å²) in [5, 5.41) is 10.5. The summed E-state index contributed by atoms with van der Waals surface area (Å²) < 4.78 is 10.5. The Morgan fingerprint density at radius 1 is 1.35 bits per heavy atom. The Bertz CT molecular complexity index is 330. The minimum atomic E-state index is -0.531. The van der Waals surface area contributed by atoms with E-state index in [1.54, 1.807) is 18.7 Å². The van der Waals surface area contributed by atoms with Gasteiger partial charge in [-0.15, -0.1) is 0 Å². The van der Waals surface area contributed by atoms with E-state index in [2.05, 4.69) is 12.2 Å². The van der Waals surface area contributed by atoms with Gasteiger partial charge in [0.15, 0.2) is 0 Å². The molecule has 2 N–H and O–H groups in total. The minimum Gasteiger partial charge on any atom is -0.478 e. The minimum absolute atomic E-state index is 0.133. The highest BCUT2D eigenvalue weighted by atomic mass is 32.2. The largest absolute Gasteiger partial charge is 0.478 e. The van der Waals surface area contributed by atoms with Crippen LogP contribution in [0.5, 0.6) is 0 Å². The predicted octanol–water partition coefficient (Wildman–Crippen LogP) is 2.43. The third kappa shape index (κ3) is 8.09. The molecule has 0 amide bonds. The molecule has 0 aliphatic rings. The Labute approximate surface area is 126 Å². The van der Waals surface area contributed by atoms with Crippen LogP contribution >= 0.6 is 11.8 Å². The van der Waals surface area contributed by atoms with E-state index in [1.807, 2.05) is 13.8 Å². The molecule has 20 heavy (non-hydrogen) atoms. The Morgan fingerprint density at radius 3 is 2.55 bits per heavy atom. The fourth-order valence-corrected chi connectivity index (χ4v) is 1.82. The summed E-state index contributed by atoms with van der Waals surface area (Å²) in [5.74, 6) is 2.11. The highest BCUT2D eigenvalue weighted by molar-refractivity contribution is 7.99. The molecule has 0 spiro atoms. The maximum atomic E-state index is 11.8. The third-order valence-corrected chi connectivity index (χ3v) is 3.08. The second kappa shape index (κ2) is 11.6. The first-order valence-electron chi connectivity index (χ1n) is 6.93. The van der Waals surface area contributed by atoms with Crippen molar-refractivity contribution in [1.82, 2.24) is 5.32 Å². The van der Waals surface area contributed by atoms with Crippen LogP contribution in [0.1, 0.15) is 27.7 Å². The van der Waals surface area contributed by atoms with Crippen LogP contribution in [0.3, 0.4) is 0 Å². The van der Waals surface area contributed by atoms with Crippen molar-refractivity contribution in [3.05, 3.63) is 11.5 Å². The quantitative estimate of drug-likeness (QED) is 0.202. The predicted molar refractivity (Wildman–Crippen MR) is 84.2 cm³/mol. The van der Waals surface area contributed by atoms with Crippen LogP contribution in [-0.2, 0) is 14.3 Å². The van der Waals surface area contributed by atoms with Crippen LogP contribution in [0.2, 0.25) is 0 Å². The lowest BCUT2D eigenvalue weighted by Crippen LogP contribution is -2.25. The number of thioether (sulfide) groups is 1. The van der Waals surface area contributed by atoms with Crippen LogP contribution in [0.15, 0.2) is 11.5 Å². The molecule has 0 fully saturated rings. The van der Waals surface area contributed by atoms with Gasteiger partial charge in [0.05, 0.1) is 13.2 Å². The second-order valence-corrected chi connectivity index (χ2v) is 5.83. The van der Waals surface area contributed by atoms with Crippen molar-refractivity contribution < 1.29 is 14.3 Å². The number of rotatable bonds is 11. The van der Waals surface area contributed by atoms with Crippen molar-refractivity contribution in [3.63, 3.8) is 0 Å². The molecule has 0 aliphatic heterocycles. The van der Waals surface area contributed by atoms with Crippen LogP contribution in [0.4, 0.5) is 0 Å². The van der Waals surface area contributed by atoms with Gasteiger partial charge in [-0.25, -0.2) is 4.79 Å². The Hall–Kier alpha value is -1.17. The molecule has 5 nitrogen and oxygen atoms in total. The van der Waals surface area contributed by atoms with Gasteiger partial charge in [0, 0.05) is 18.5 Å². The molecular formula is C14H26N2O3S. The van der Waals surface area contributed by atoms with E-state index >= 15 is 0 Å². The zero-order valence-electron chi connectivity index (χ0n) is 12.8. The van der Waals surface area contributed by atoms with Gasteiger partial charge < -0.3 is 20.2 Å². The van der Waals surface area contributed by atoms with E-state index in [1.165, 1.54) is 0 Å². The smallest absolute Gasteiger partial charge is 0.345 e. The van der Waals surface area contributed by atoms with E-state index in [0.717, 1.165) is 17.7 Å². The number of hydrogen-bond acceptors (Lipinski definition) is 6. The molecule has 0 radical (unpaired) electrons. The summed E-state index contributed by atoms with van der Waals surface area (Å²) in [6, 6.07) is 0. The molecule has 116 valence electrons. The zero-order valence-corrected chi connectivity index (χ0v) is 13.6. The molecule has 0 aliphatic carbocycles. The van der Waals surface area contributed by atoms with Gasteiger partial charge in [0.1, 0.15) is 5.57 Å². The van der Waals surface area contributed by atoms with Gasteiger partial charge in [-0.05, 0) is 18.6 Å². The molecular weight excluding hydrogens is 276 g/mol. The first-order valence-corrected chi connectivity index (χ1v) is 8.08. The fraction of sp³-hybridized carbons (Fsp3) is 0.714. The molecule has 0 saturated heterocycles. The summed E-state index contributed by atoms with van der Waals surface area (Å²) in [5.41, 5.74) is 0.133. The maximum Gasteiger partial charge on any atom is 0.345 e. The summed E-state index contributed by atoms with van der Waals surface area (Å²) in [6.45, 7) is 9.33. The fourth-order valence-electron chi connectivity index (χ4n) is 1.28. The number of esters is 1. The first kappa shape index (κ1) is 18.8. The van der Waals surface area contributed by atoms with E-state index in [4.69, 9.17) is 14.9 Å². The summed E-state index contributed by atoms with van der Waals surface area (Å²) in [6.07, 6.45) is 0.980. The number of ether oxygens (including phenoxy) is 2. The summed E-state index contributed by atoms with van der Waals surface area (Å²) in [4.78, 5) is 11.8. The van der Waals surface area contributed by atoms with Crippen molar-refractivity contribution in [2.24, 2.45) is 5.92 Å². The van der Waals surface area contributed by atoms with Gasteiger partial charge in [-0.2, -0.15) is 11.8 Å². The monoisotopic (exact) mass is 302 g/mol. The highest BCUT2D eigenvalue weighted by Crippen LogP contribution is 2.07. The normalized spacial score (nSPS) is 11.8. The van der Waals surface area contributed by atoms with Crippen molar-refractivity contribution in [1.29, 1.82) is 5.41 Å². The number of nitrogens with one attached hydrogen (secondary N) is 2. The van der Waals surface area contributed by atoms with E-state index in [-0.39, 0.29) is 12.2 Å². The average Bonchev–Trinajstić information content (AvgIpc) is 2.40. The molecule has 0 heterocycles. The first-order chi connectivity index (χ1) is 9.56. The molecule has 0 saturated carbocycles. The maximum absolute atomic E-state index is 11.8. The molecule has 0 aromatic carbocycles. The van der Waals surface area contributed by atoms with Gasteiger partial charge in [-0.3, -0.25) is 0 Å². The van der Waals surface area contributed by atoms with E-state index in [0.29, 0.717) is 25.0 Å². The third-order valence-electron chi connectivity index (χ3n) is 2.18. The lowest BCUT2D eigenvalue weighted by Gasteiger charge is -2.16. The molecule has 0 bridgehead atoms. The Morgan fingerprint density at radius 2 is 2.05 bits per heavy atom. The Kier molecular flexibility index (Phi) is 11.0. The van der Waals surface area contributed by atoms with Crippen LogP contribution in [0.25, 0.3) is 0 Å². The summed E-state index contributed by atoms with van der Waals surface area (Å²) >= 11 is 1.80. The standard InChI is InChI=1S/C14H26N2O3S/c1-5-18-14(17)12(9-15)13(19-10-11(3)4)16-7-8-20-6-2/h9,11,15-16H,5-8,10H2,1-4H3/b13-12-,15-9?. The average molecular weight is 302 g/mol. The van der Waals surface area contributed by atoms with Gasteiger partial charge in [-0.1, -0.05) is 20.8 Å². The van der Waals surface area contributed by atoms with Gasteiger partial charge in [0.25, 0.3) is 0 Å². The van der Waals surface area contributed by atoms with E-state index < -0.39 is 5.97 Å². The molecule has 0 unspecified atom stereocenters. The molecule has 0 rings (SSSR count). The number of carbonyl (C=O) groups is 1. The van der Waals surface area contributed by atoms with Crippen LogP contribution < -0.4 is 5.32 Å². The number of carbonyl (C=O) groups excluding carboxylic acids is 1. The van der Waals surface area contributed by atoms with Crippen molar-refractivity contribution in [3.8, 4) is 0 Å². The van der Waals surface area contributed by atoms with Crippen LogP contribution in [0, 0.1) is 11.3 Å². The summed E-state index contributed by atoms with van der Waals surface area (Å²) in [7, 11) is 0. The van der Waals surface area contributed by atoms with E-state index in [9.17, 15) is 4.79 Å². The molecule has 6 heteroatoms. The topological polar surface area (TPSA) is 71.4 Å². The van der Waals surface area contributed by atoms with Crippen molar-refractivity contribution >= 4 is 23.9 Å². The highest BCUT2D eigenvalue weighted by Gasteiger charge is 2.16. The van der Waals surface area contributed by atoms with Gasteiger partial charge >= 0.3 is 5.97 Å². The van der Waals surface area contributed by atoms with Crippen molar-refractivity contribution in [2.75, 3.05) is 31.3 Å². The van der Waals surface area contributed by atoms with Crippen LogP contribution in [-0.4, -0.2) is 43.4 Å².